The van der Waals surface area contributed by atoms with E-state index in [1.165, 1.54) is 0 Å². The molecular weight excluding hydrogens is 236 g/mol. The van der Waals surface area contributed by atoms with E-state index < -0.39 is 0 Å². The minimum atomic E-state index is -0.207. The van der Waals surface area contributed by atoms with Crippen LogP contribution in [0.4, 0.5) is 0 Å². The zero-order chi connectivity index (χ0) is 14.0. The molecule has 2 rings (SSSR count). The summed E-state index contributed by atoms with van der Waals surface area (Å²) in [6.45, 7) is 6.21. The van der Waals surface area contributed by atoms with Gasteiger partial charge in [-0.25, -0.2) is 0 Å². The Morgan fingerprint density at radius 3 is 2.58 bits per heavy atom. The summed E-state index contributed by atoms with van der Waals surface area (Å²) in [6.07, 6.45) is 0. The van der Waals surface area contributed by atoms with E-state index in [4.69, 9.17) is 5.26 Å². The van der Waals surface area contributed by atoms with Crippen molar-refractivity contribution in [2.75, 3.05) is 0 Å². The van der Waals surface area contributed by atoms with Gasteiger partial charge in [0.25, 0.3) is 5.56 Å². The van der Waals surface area contributed by atoms with E-state index >= 15 is 0 Å². The lowest BCUT2D eigenvalue weighted by Crippen LogP contribution is -2.26. The number of hydrogen-bond acceptors (Lipinski definition) is 2. The highest BCUT2D eigenvalue weighted by molar-refractivity contribution is 5.36. The predicted molar refractivity (Wildman–Crippen MR) is 75.2 cm³/mol. The Hall–Kier alpha value is -2.34. The molecule has 0 fully saturated rings. The van der Waals surface area contributed by atoms with Gasteiger partial charge in [0.15, 0.2) is 0 Å². The van der Waals surface area contributed by atoms with E-state index in [2.05, 4.69) is 6.07 Å². The van der Waals surface area contributed by atoms with Crippen molar-refractivity contribution in [3.63, 3.8) is 0 Å². The quantitative estimate of drug-likeness (QED) is 0.825. The first-order valence-electron chi connectivity index (χ1n) is 6.19. The van der Waals surface area contributed by atoms with Crippen molar-refractivity contribution in [3.8, 4) is 6.07 Å². The van der Waals surface area contributed by atoms with Crippen LogP contribution in [0.3, 0.4) is 0 Å². The molecule has 0 spiro atoms. The Morgan fingerprint density at radius 2 is 1.95 bits per heavy atom. The van der Waals surface area contributed by atoms with Gasteiger partial charge in [0, 0.05) is 5.69 Å². The van der Waals surface area contributed by atoms with E-state index in [1.807, 2.05) is 44.2 Å². The first-order chi connectivity index (χ1) is 9.02. The third-order valence-electron chi connectivity index (χ3n) is 3.24. The fourth-order valence-electron chi connectivity index (χ4n) is 2.25. The van der Waals surface area contributed by atoms with Gasteiger partial charge in [0.2, 0.25) is 0 Å². The molecule has 0 radical (unpaired) electrons. The fourth-order valence-corrected chi connectivity index (χ4v) is 2.25. The Bertz CT molecular complexity index is 721. The van der Waals surface area contributed by atoms with Crippen molar-refractivity contribution >= 4 is 0 Å². The zero-order valence-corrected chi connectivity index (χ0v) is 11.4. The molecule has 1 aromatic carbocycles. The summed E-state index contributed by atoms with van der Waals surface area (Å²) in [4.78, 5) is 12.3. The van der Waals surface area contributed by atoms with Crippen LogP contribution in [0.1, 0.15) is 27.9 Å². The molecule has 0 atom stereocenters. The molecule has 3 nitrogen and oxygen atoms in total. The summed E-state index contributed by atoms with van der Waals surface area (Å²) >= 11 is 0. The van der Waals surface area contributed by atoms with Gasteiger partial charge < -0.3 is 4.57 Å². The molecule has 96 valence electrons. The number of hydrogen-bond donors (Lipinski definition) is 0. The fraction of sp³-hybridized carbons (Fsp3) is 0.250. The van der Waals surface area contributed by atoms with Crippen molar-refractivity contribution in [2.45, 2.75) is 27.3 Å². The van der Waals surface area contributed by atoms with Gasteiger partial charge in [-0.15, -0.1) is 0 Å². The Morgan fingerprint density at radius 1 is 1.21 bits per heavy atom. The second-order valence-electron chi connectivity index (χ2n) is 4.84. The highest BCUT2D eigenvalue weighted by Gasteiger charge is 2.10. The molecule has 0 aliphatic carbocycles. The van der Waals surface area contributed by atoms with Crippen LogP contribution in [-0.2, 0) is 6.54 Å². The van der Waals surface area contributed by atoms with Crippen LogP contribution in [-0.4, -0.2) is 4.57 Å². The number of nitrogens with zero attached hydrogens (tertiary/aromatic N) is 2. The lowest BCUT2D eigenvalue weighted by molar-refractivity contribution is 0.724. The average molecular weight is 252 g/mol. The molecular formula is C16H16N2O. The van der Waals surface area contributed by atoms with Crippen LogP contribution in [0, 0.1) is 32.1 Å². The van der Waals surface area contributed by atoms with Crippen LogP contribution in [0.2, 0.25) is 0 Å². The van der Waals surface area contributed by atoms with Crippen LogP contribution < -0.4 is 5.56 Å². The molecule has 0 amide bonds. The van der Waals surface area contributed by atoms with Crippen LogP contribution in [0.5, 0.6) is 0 Å². The van der Waals surface area contributed by atoms with E-state index in [0.29, 0.717) is 6.54 Å². The Labute approximate surface area is 112 Å². The van der Waals surface area contributed by atoms with Gasteiger partial charge in [-0.1, -0.05) is 29.8 Å². The van der Waals surface area contributed by atoms with Crippen LogP contribution in [0.25, 0.3) is 0 Å². The van der Waals surface area contributed by atoms with E-state index in [1.54, 1.807) is 11.5 Å². The summed E-state index contributed by atoms with van der Waals surface area (Å²) in [5.74, 6) is 0. The molecule has 2 aromatic rings. The zero-order valence-electron chi connectivity index (χ0n) is 11.4. The van der Waals surface area contributed by atoms with Crippen LogP contribution >= 0.6 is 0 Å². The van der Waals surface area contributed by atoms with E-state index in [-0.39, 0.29) is 11.1 Å². The van der Waals surface area contributed by atoms with E-state index in [9.17, 15) is 4.79 Å². The highest BCUT2D eigenvalue weighted by Crippen LogP contribution is 2.09. The number of rotatable bonds is 2. The summed E-state index contributed by atoms with van der Waals surface area (Å²) in [5.41, 5.74) is 3.88. The Kier molecular flexibility index (Phi) is 3.52. The molecule has 19 heavy (non-hydrogen) atoms. The van der Waals surface area contributed by atoms with Gasteiger partial charge in [-0.2, -0.15) is 5.26 Å². The number of nitriles is 1. The molecule has 0 saturated carbocycles. The van der Waals surface area contributed by atoms with Crippen molar-refractivity contribution in [1.82, 2.24) is 4.57 Å². The number of benzene rings is 1. The summed E-state index contributed by atoms with van der Waals surface area (Å²) in [6, 6.07) is 11.9. The average Bonchev–Trinajstić information content (AvgIpc) is 2.35. The topological polar surface area (TPSA) is 45.8 Å². The van der Waals surface area contributed by atoms with Gasteiger partial charge in [-0.05, 0) is 38.0 Å². The van der Waals surface area contributed by atoms with Gasteiger partial charge in [-0.3, -0.25) is 4.79 Å². The maximum Gasteiger partial charge on any atom is 0.269 e. The third-order valence-corrected chi connectivity index (χ3v) is 3.24. The molecule has 0 unspecified atom stereocenters. The van der Waals surface area contributed by atoms with Gasteiger partial charge in [0.05, 0.1) is 6.54 Å². The van der Waals surface area contributed by atoms with Crippen molar-refractivity contribution in [1.29, 1.82) is 5.26 Å². The maximum atomic E-state index is 12.3. The molecule has 0 saturated heterocycles. The van der Waals surface area contributed by atoms with E-state index in [0.717, 1.165) is 22.4 Å². The second-order valence-corrected chi connectivity index (χ2v) is 4.84. The summed E-state index contributed by atoms with van der Waals surface area (Å²) < 4.78 is 1.65. The minimum absolute atomic E-state index is 0.207. The molecule has 3 heteroatoms. The molecule has 0 aliphatic rings. The molecule has 1 aromatic heterocycles. The third kappa shape index (κ3) is 2.58. The number of aromatic nitrogens is 1. The first-order valence-corrected chi connectivity index (χ1v) is 6.19. The van der Waals surface area contributed by atoms with Crippen molar-refractivity contribution in [2.24, 2.45) is 0 Å². The SMILES string of the molecule is Cc1cccc(Cn2c(C)cc(C)c(C#N)c2=O)c1. The summed E-state index contributed by atoms with van der Waals surface area (Å²) in [5, 5.41) is 9.06. The summed E-state index contributed by atoms with van der Waals surface area (Å²) in [7, 11) is 0. The highest BCUT2D eigenvalue weighted by atomic mass is 16.1. The molecule has 0 bridgehead atoms. The monoisotopic (exact) mass is 252 g/mol. The normalized spacial score (nSPS) is 10.2. The van der Waals surface area contributed by atoms with Crippen LogP contribution in [0.15, 0.2) is 35.1 Å². The first kappa shape index (κ1) is 13.1. The van der Waals surface area contributed by atoms with Gasteiger partial charge >= 0.3 is 0 Å². The molecule has 0 N–H and O–H groups in total. The second kappa shape index (κ2) is 5.11. The minimum Gasteiger partial charge on any atom is -0.307 e. The lowest BCUT2D eigenvalue weighted by Gasteiger charge is -2.12. The Balaban J connectivity index is 2.53. The predicted octanol–water partition coefficient (Wildman–Crippen LogP) is 2.69. The largest absolute Gasteiger partial charge is 0.307 e. The number of aryl methyl sites for hydroxylation is 3. The standard InChI is InChI=1S/C16H16N2O/c1-11-5-4-6-14(7-11)10-18-13(3)8-12(2)15(9-17)16(18)19/h4-8H,10H2,1-3H3. The maximum absolute atomic E-state index is 12.3. The molecule has 1 heterocycles. The smallest absolute Gasteiger partial charge is 0.269 e. The lowest BCUT2D eigenvalue weighted by atomic mass is 10.1. The number of pyridine rings is 1. The van der Waals surface area contributed by atoms with Gasteiger partial charge in [0.1, 0.15) is 11.6 Å². The van der Waals surface area contributed by atoms with Crippen molar-refractivity contribution < 1.29 is 0 Å². The van der Waals surface area contributed by atoms with Crippen molar-refractivity contribution in [3.05, 3.63) is 68.6 Å². The molecule has 0 aliphatic heterocycles.